The number of aliphatic hydroxyl groups excluding tert-OH is 3. The first-order valence-corrected chi connectivity index (χ1v) is 28.3. The zero-order valence-corrected chi connectivity index (χ0v) is 47.4. The summed E-state index contributed by atoms with van der Waals surface area (Å²) in [6, 6.07) is 6.49. The highest BCUT2D eigenvalue weighted by molar-refractivity contribution is 6.02. The lowest BCUT2D eigenvalue weighted by Gasteiger charge is -2.67. The van der Waals surface area contributed by atoms with Crippen LogP contribution in [0.1, 0.15) is 113 Å². The van der Waals surface area contributed by atoms with Crippen molar-refractivity contribution in [3.63, 3.8) is 0 Å². The standard InChI is InChI=1S/C60H62F2N2O21/c1-20-40-43(57(8)58(9,76)54(75)85-60(57)50(20)83-60)46(71)41-39-42(48(79-23(4)67)51(56(40,41)7)80-24(5)68)55(6)30(17-37-47(82-37)49(55)72)44(45(39)70)64-38(69)12-13-63-52(73)25-10-11-27-26(14-25)53(74)84-59(27)28-15-31(61)35(77-21(2)65)18-33(28)81-34-19-36(78-22(3)66)32(62)16-29(34)59/h10-11,14-16,18-20,30,37,39-51,70-72,76H,12-13,17H2,1-9H3,(H,63,73)(H,64,69)/t20-,30+,37-,39?,40-,41+,42?,43-,44+,45+,46+,47-,48-,49-,50+,51-,55-,56+,57-,58+,60-/m0/s1. The number of nitrogens with one attached hydrogen (secondary N) is 2. The summed E-state index contributed by atoms with van der Waals surface area (Å²) in [4.78, 5) is 107. The van der Waals surface area contributed by atoms with Crippen molar-refractivity contribution in [2.75, 3.05) is 6.54 Å². The van der Waals surface area contributed by atoms with E-state index in [9.17, 15) is 58.8 Å². The normalized spacial score (nSPS) is 40.8. The van der Waals surface area contributed by atoms with Gasteiger partial charge in [-0.1, -0.05) is 26.8 Å². The van der Waals surface area contributed by atoms with Crippen LogP contribution in [-0.4, -0.2) is 141 Å². The summed E-state index contributed by atoms with van der Waals surface area (Å²) in [6.07, 6.45) is -9.35. The number of rotatable bonds is 9. The Balaban J connectivity index is 0.804. The Morgan fingerprint density at radius 1 is 0.741 bits per heavy atom. The van der Waals surface area contributed by atoms with Crippen LogP contribution in [0.25, 0.3) is 0 Å². The lowest BCUT2D eigenvalue weighted by atomic mass is 9.40. The van der Waals surface area contributed by atoms with Crippen molar-refractivity contribution in [1.82, 2.24) is 10.6 Å². The molecule has 10 aliphatic rings. The first kappa shape index (κ1) is 56.9. The van der Waals surface area contributed by atoms with Gasteiger partial charge in [-0.05, 0) is 68.2 Å². The third-order valence-electron chi connectivity index (χ3n) is 21.4. The van der Waals surface area contributed by atoms with Crippen LogP contribution >= 0.6 is 0 Å². The summed E-state index contributed by atoms with van der Waals surface area (Å²) >= 11 is 0. The van der Waals surface area contributed by atoms with Crippen molar-refractivity contribution in [2.24, 2.45) is 57.7 Å². The van der Waals surface area contributed by atoms with E-state index in [1.807, 2.05) is 6.92 Å². The fraction of sp³-hybridized carbons (Fsp3) is 0.567. The monoisotopic (exact) mass is 1180 g/mol. The molecule has 8 fully saturated rings. The Kier molecular flexibility index (Phi) is 12.3. The molecular formula is C60H62F2N2O21. The molecule has 5 aliphatic heterocycles. The van der Waals surface area contributed by atoms with Crippen LogP contribution < -0.4 is 24.8 Å². The minimum absolute atomic E-state index is 0.0190. The van der Waals surface area contributed by atoms with E-state index in [1.165, 1.54) is 39.0 Å². The fourth-order valence-corrected chi connectivity index (χ4v) is 18.0. The highest BCUT2D eigenvalue weighted by Crippen LogP contribution is 2.81. The Morgan fingerprint density at radius 2 is 1.36 bits per heavy atom. The molecule has 3 saturated heterocycles. The van der Waals surface area contributed by atoms with E-state index in [4.69, 9.17) is 42.6 Å². The molecule has 0 radical (unpaired) electrons. The molecule has 0 bridgehead atoms. The minimum atomic E-state index is -2.22. The van der Waals surface area contributed by atoms with Crippen LogP contribution in [0.3, 0.4) is 0 Å². The maximum atomic E-state index is 15.7. The second kappa shape index (κ2) is 18.4. The molecule has 2 amide bonds. The van der Waals surface area contributed by atoms with Gasteiger partial charge in [-0.25, -0.2) is 18.4 Å². The maximum Gasteiger partial charge on any atom is 0.341 e. The van der Waals surface area contributed by atoms with Crippen molar-refractivity contribution in [2.45, 2.75) is 147 Å². The van der Waals surface area contributed by atoms with Crippen LogP contribution in [0, 0.1) is 69.3 Å². The zero-order chi connectivity index (χ0) is 61.1. The van der Waals surface area contributed by atoms with Gasteiger partial charge in [-0.2, -0.15) is 0 Å². The number of hydrogen-bond acceptors (Lipinski definition) is 21. The summed E-state index contributed by atoms with van der Waals surface area (Å²) < 4.78 is 84.4. The van der Waals surface area contributed by atoms with Crippen LogP contribution in [0.4, 0.5) is 8.78 Å². The third-order valence-corrected chi connectivity index (χ3v) is 21.4. The Bertz CT molecular complexity index is 3470. The molecule has 0 aromatic heterocycles. The first-order valence-electron chi connectivity index (χ1n) is 28.3. The quantitative estimate of drug-likeness (QED) is 0.0776. The van der Waals surface area contributed by atoms with Gasteiger partial charge < -0.3 is 73.7 Å². The second-order valence-electron chi connectivity index (χ2n) is 25.4. The van der Waals surface area contributed by atoms with E-state index in [2.05, 4.69) is 10.6 Å². The van der Waals surface area contributed by atoms with E-state index >= 15 is 8.78 Å². The van der Waals surface area contributed by atoms with Gasteiger partial charge in [0.05, 0.1) is 52.6 Å². The molecule has 85 heavy (non-hydrogen) atoms. The van der Waals surface area contributed by atoms with Gasteiger partial charge in [-0.3, -0.25) is 28.8 Å². The summed E-state index contributed by atoms with van der Waals surface area (Å²) in [5, 5.41) is 56.9. The van der Waals surface area contributed by atoms with E-state index in [1.54, 1.807) is 20.8 Å². The van der Waals surface area contributed by atoms with Gasteiger partial charge in [0, 0.05) is 92.5 Å². The van der Waals surface area contributed by atoms with Gasteiger partial charge >= 0.3 is 35.8 Å². The number of benzene rings is 3. The van der Waals surface area contributed by atoms with E-state index < -0.39 is 207 Å². The molecule has 2 spiro atoms. The Hall–Kier alpha value is -7.16. The van der Waals surface area contributed by atoms with Crippen molar-refractivity contribution >= 4 is 47.6 Å². The summed E-state index contributed by atoms with van der Waals surface area (Å²) in [6.45, 7) is 12.4. The van der Waals surface area contributed by atoms with Gasteiger partial charge in [0.15, 0.2) is 34.3 Å². The molecule has 21 atom stereocenters. The predicted molar refractivity (Wildman–Crippen MR) is 277 cm³/mol. The maximum absolute atomic E-state index is 15.7. The highest BCUT2D eigenvalue weighted by atomic mass is 19.1. The number of esters is 6. The number of carbonyl (C=O) groups excluding carboxylic acids is 8. The number of epoxide rings is 2. The molecule has 5 heterocycles. The lowest BCUT2D eigenvalue weighted by molar-refractivity contribution is -0.285. The molecular weight excluding hydrogens is 1120 g/mol. The molecule has 6 N–H and O–H groups in total. The van der Waals surface area contributed by atoms with E-state index in [0.717, 1.165) is 38.1 Å². The van der Waals surface area contributed by atoms with Gasteiger partial charge in [0.1, 0.15) is 35.9 Å². The van der Waals surface area contributed by atoms with Crippen molar-refractivity contribution < 1.29 is 110 Å². The topological polar surface area (TPSA) is 331 Å². The Labute approximate surface area is 483 Å². The average Bonchev–Trinajstić information content (AvgIpc) is 1.47. The number of halogens is 2. The number of fused-ring (bicyclic) bond motifs is 15. The van der Waals surface area contributed by atoms with Gasteiger partial charge in [0.25, 0.3) is 5.91 Å². The smallest absolute Gasteiger partial charge is 0.341 e. The van der Waals surface area contributed by atoms with E-state index in [0.29, 0.717) is 0 Å². The highest BCUT2D eigenvalue weighted by Gasteiger charge is 2.93. The lowest BCUT2D eigenvalue weighted by Crippen LogP contribution is -2.76. The minimum Gasteiger partial charge on any atom is -0.458 e. The molecule has 5 aliphatic carbocycles. The van der Waals surface area contributed by atoms with Crippen LogP contribution in [0.5, 0.6) is 23.0 Å². The molecule has 13 rings (SSSR count). The molecule has 23 nitrogen and oxygen atoms in total. The average molecular weight is 1190 g/mol. The molecule has 25 heteroatoms. The van der Waals surface area contributed by atoms with Crippen molar-refractivity contribution in [3.05, 3.63) is 81.9 Å². The molecule has 2 unspecified atom stereocenters. The van der Waals surface area contributed by atoms with Crippen LogP contribution in [0.15, 0.2) is 42.5 Å². The van der Waals surface area contributed by atoms with Crippen molar-refractivity contribution in [3.8, 4) is 23.0 Å². The van der Waals surface area contributed by atoms with Crippen LogP contribution in [-0.2, 0) is 62.8 Å². The number of aliphatic hydroxyl groups is 4. The summed E-state index contributed by atoms with van der Waals surface area (Å²) in [5.74, 6) is -18.6. The summed E-state index contributed by atoms with van der Waals surface area (Å²) in [5.41, 5.74) is -9.46. The molecule has 5 saturated carbocycles. The molecule has 452 valence electrons. The number of hydrogen-bond donors (Lipinski definition) is 6. The van der Waals surface area contributed by atoms with Crippen molar-refractivity contribution in [1.29, 1.82) is 0 Å². The molecule has 3 aromatic carbocycles. The van der Waals surface area contributed by atoms with Gasteiger partial charge in [-0.15, -0.1) is 0 Å². The fourth-order valence-electron chi connectivity index (χ4n) is 18.0. The SMILES string of the molecule is CC(=O)Oc1cc2c(cc1F)C1(OC(=O)c3cc(C(=O)NCCC(=O)N[C@H]4[C@H](O)C5C([C@H](OC(C)=O)[C@H](OC(C)=O)[C@]6(C)[C@H]7[C@H](C)[C@H]8O[C@]89OC(=O)[C@@](C)(O)[C@]9(C)[C@@H]7[C@H](O)[C@@H]56)[C@]5(C)[C@@H]4C[C@@H]4O[C@@H]4[C@@H]5O)ccc31)c1cc(F)c(OC(C)=O)cc1O2. The van der Waals surface area contributed by atoms with Gasteiger partial charge in [0.2, 0.25) is 11.7 Å². The second-order valence-corrected chi connectivity index (χ2v) is 25.4. The zero-order valence-electron chi connectivity index (χ0n) is 47.4. The van der Waals surface area contributed by atoms with E-state index in [-0.39, 0.29) is 52.3 Å². The number of amides is 2. The third kappa shape index (κ3) is 7.42. The largest absolute Gasteiger partial charge is 0.458 e. The summed E-state index contributed by atoms with van der Waals surface area (Å²) in [7, 11) is 0. The molecule has 3 aromatic rings. The predicted octanol–water partition coefficient (Wildman–Crippen LogP) is 2.91. The first-order chi connectivity index (χ1) is 39.9. The number of carbonyl (C=O) groups is 8. The number of ether oxygens (including phenoxy) is 9. The van der Waals surface area contributed by atoms with Crippen LogP contribution in [0.2, 0.25) is 0 Å². The Morgan fingerprint density at radius 3 is 1.96 bits per heavy atom.